The highest BCUT2D eigenvalue weighted by Crippen LogP contribution is 2.04. The van der Waals surface area contributed by atoms with Gasteiger partial charge in [0.05, 0.1) is 6.61 Å². The fourth-order valence-corrected chi connectivity index (χ4v) is 1.21. The molecule has 1 heterocycles. The minimum atomic E-state index is -0.710. The number of hydrogen-bond donors (Lipinski definition) is 1. The third-order valence-corrected chi connectivity index (χ3v) is 1.79. The standard InChI is InChI=1S/C8H13NO3/c1-2-12-8(11)7-6(10)4-3-5-9-7/h7,9H,2-5H2,1H3/t7-/m0/s1. The first-order chi connectivity index (χ1) is 5.75. The van der Waals surface area contributed by atoms with Gasteiger partial charge in [-0.1, -0.05) is 0 Å². The van der Waals surface area contributed by atoms with Crippen LogP contribution in [0, 0.1) is 0 Å². The first-order valence-corrected chi connectivity index (χ1v) is 4.18. The summed E-state index contributed by atoms with van der Waals surface area (Å²) in [7, 11) is 0. The van der Waals surface area contributed by atoms with Crippen LogP contribution >= 0.6 is 0 Å². The van der Waals surface area contributed by atoms with E-state index in [9.17, 15) is 9.59 Å². The molecule has 1 rings (SSSR count). The van der Waals surface area contributed by atoms with Gasteiger partial charge in [0.25, 0.3) is 0 Å². The maximum Gasteiger partial charge on any atom is 0.330 e. The maximum atomic E-state index is 11.1. The summed E-state index contributed by atoms with van der Waals surface area (Å²) >= 11 is 0. The summed E-state index contributed by atoms with van der Waals surface area (Å²) in [5, 5.41) is 2.83. The Kier molecular flexibility index (Phi) is 3.22. The van der Waals surface area contributed by atoms with E-state index < -0.39 is 12.0 Å². The Morgan fingerprint density at radius 2 is 2.50 bits per heavy atom. The van der Waals surface area contributed by atoms with Crippen molar-refractivity contribution in [1.29, 1.82) is 0 Å². The van der Waals surface area contributed by atoms with Crippen LogP contribution in [0.2, 0.25) is 0 Å². The lowest BCUT2D eigenvalue weighted by molar-refractivity contribution is -0.149. The van der Waals surface area contributed by atoms with E-state index in [0.717, 1.165) is 13.0 Å². The van der Waals surface area contributed by atoms with Gasteiger partial charge in [-0.15, -0.1) is 0 Å². The SMILES string of the molecule is CCOC(=O)[C@H]1NCCCC1=O. The molecule has 1 saturated heterocycles. The predicted molar refractivity (Wildman–Crippen MR) is 42.7 cm³/mol. The Morgan fingerprint density at radius 1 is 1.75 bits per heavy atom. The molecule has 12 heavy (non-hydrogen) atoms. The van der Waals surface area contributed by atoms with Crippen molar-refractivity contribution in [2.45, 2.75) is 25.8 Å². The second-order valence-corrected chi connectivity index (χ2v) is 2.71. The number of hydrogen-bond acceptors (Lipinski definition) is 4. The van der Waals surface area contributed by atoms with Gasteiger partial charge in [-0.05, 0) is 19.9 Å². The molecule has 0 radical (unpaired) electrons. The number of carbonyl (C=O) groups is 2. The van der Waals surface area contributed by atoms with Crippen molar-refractivity contribution in [2.75, 3.05) is 13.2 Å². The van der Waals surface area contributed by atoms with Gasteiger partial charge in [0.1, 0.15) is 0 Å². The number of nitrogens with one attached hydrogen (secondary N) is 1. The van der Waals surface area contributed by atoms with E-state index >= 15 is 0 Å². The van der Waals surface area contributed by atoms with Crippen molar-refractivity contribution >= 4 is 11.8 Å². The monoisotopic (exact) mass is 171 g/mol. The fraction of sp³-hybridized carbons (Fsp3) is 0.750. The van der Waals surface area contributed by atoms with Crippen molar-refractivity contribution in [3.05, 3.63) is 0 Å². The summed E-state index contributed by atoms with van der Waals surface area (Å²) < 4.78 is 4.73. The molecule has 0 unspecified atom stereocenters. The molecular formula is C8H13NO3. The van der Waals surface area contributed by atoms with E-state index in [-0.39, 0.29) is 5.78 Å². The molecule has 0 aromatic carbocycles. The second kappa shape index (κ2) is 4.21. The second-order valence-electron chi connectivity index (χ2n) is 2.71. The quantitative estimate of drug-likeness (QED) is 0.464. The molecule has 0 saturated carbocycles. The molecule has 0 aromatic heterocycles. The minimum Gasteiger partial charge on any atom is -0.464 e. The minimum absolute atomic E-state index is 0.0558. The number of carbonyl (C=O) groups excluding carboxylic acids is 2. The van der Waals surface area contributed by atoms with Gasteiger partial charge in [0, 0.05) is 6.42 Å². The zero-order chi connectivity index (χ0) is 8.97. The average molecular weight is 171 g/mol. The molecule has 0 aliphatic carbocycles. The predicted octanol–water partition coefficient (Wildman–Crippen LogP) is -0.129. The summed E-state index contributed by atoms with van der Waals surface area (Å²) in [5.74, 6) is -0.498. The summed E-state index contributed by atoms with van der Waals surface area (Å²) in [5.41, 5.74) is 0. The molecule has 1 aliphatic rings. The van der Waals surface area contributed by atoms with Crippen LogP contribution in [-0.4, -0.2) is 30.9 Å². The number of ketones is 1. The van der Waals surface area contributed by atoms with Crippen molar-refractivity contribution in [1.82, 2.24) is 5.32 Å². The van der Waals surface area contributed by atoms with Crippen LogP contribution in [0.25, 0.3) is 0 Å². The molecule has 68 valence electrons. The molecule has 1 atom stereocenters. The highest BCUT2D eigenvalue weighted by Gasteiger charge is 2.29. The van der Waals surface area contributed by atoms with Gasteiger partial charge in [-0.2, -0.15) is 0 Å². The number of ether oxygens (including phenoxy) is 1. The van der Waals surface area contributed by atoms with Gasteiger partial charge < -0.3 is 4.74 Å². The average Bonchev–Trinajstić information content (AvgIpc) is 2.05. The lowest BCUT2D eigenvalue weighted by Crippen LogP contribution is -2.48. The van der Waals surface area contributed by atoms with Crippen LogP contribution in [0.4, 0.5) is 0 Å². The summed E-state index contributed by atoms with van der Waals surface area (Å²) in [4.78, 5) is 22.3. The Bertz CT molecular complexity index is 191. The third kappa shape index (κ3) is 2.04. The van der Waals surface area contributed by atoms with Crippen molar-refractivity contribution in [3.63, 3.8) is 0 Å². The van der Waals surface area contributed by atoms with Crippen LogP contribution in [0.3, 0.4) is 0 Å². The molecule has 4 heteroatoms. The lowest BCUT2D eigenvalue weighted by atomic mass is 10.0. The van der Waals surface area contributed by atoms with Gasteiger partial charge in [-0.25, -0.2) is 4.79 Å². The number of rotatable bonds is 2. The van der Waals surface area contributed by atoms with Crippen LogP contribution < -0.4 is 5.32 Å². The Morgan fingerprint density at radius 3 is 3.08 bits per heavy atom. The molecule has 0 spiro atoms. The zero-order valence-electron chi connectivity index (χ0n) is 7.13. The van der Waals surface area contributed by atoms with Crippen LogP contribution in [0.15, 0.2) is 0 Å². The summed E-state index contributed by atoms with van der Waals surface area (Å²) in [6.45, 7) is 2.77. The van der Waals surface area contributed by atoms with E-state index in [1.54, 1.807) is 6.92 Å². The highest BCUT2D eigenvalue weighted by molar-refractivity contribution is 6.03. The van der Waals surface area contributed by atoms with E-state index in [2.05, 4.69) is 5.32 Å². The first-order valence-electron chi connectivity index (χ1n) is 4.18. The van der Waals surface area contributed by atoms with E-state index in [0.29, 0.717) is 13.0 Å². The van der Waals surface area contributed by atoms with Gasteiger partial charge in [0.15, 0.2) is 11.8 Å². The largest absolute Gasteiger partial charge is 0.464 e. The van der Waals surface area contributed by atoms with Crippen LogP contribution in [-0.2, 0) is 14.3 Å². The van der Waals surface area contributed by atoms with Crippen molar-refractivity contribution in [3.8, 4) is 0 Å². The number of piperidine rings is 1. The molecule has 1 N–H and O–H groups in total. The van der Waals surface area contributed by atoms with E-state index in [4.69, 9.17) is 4.74 Å². The van der Waals surface area contributed by atoms with E-state index in [1.165, 1.54) is 0 Å². The normalized spacial score (nSPS) is 23.8. The van der Waals surface area contributed by atoms with Gasteiger partial charge >= 0.3 is 5.97 Å². The lowest BCUT2D eigenvalue weighted by Gasteiger charge is -2.20. The number of Topliss-reactive ketones (excluding diaryl/α,β-unsaturated/α-hetero) is 1. The highest BCUT2D eigenvalue weighted by atomic mass is 16.5. The molecule has 0 aromatic rings. The van der Waals surface area contributed by atoms with Gasteiger partial charge in [-0.3, -0.25) is 10.1 Å². The fourth-order valence-electron chi connectivity index (χ4n) is 1.21. The Hall–Kier alpha value is -0.900. The molecule has 0 amide bonds. The summed E-state index contributed by atoms with van der Waals surface area (Å²) in [6.07, 6.45) is 1.30. The van der Waals surface area contributed by atoms with Crippen molar-refractivity contribution < 1.29 is 14.3 Å². The maximum absolute atomic E-state index is 11.1. The third-order valence-electron chi connectivity index (χ3n) is 1.79. The molecule has 1 aliphatic heterocycles. The van der Waals surface area contributed by atoms with E-state index in [1.807, 2.05) is 0 Å². The van der Waals surface area contributed by atoms with Gasteiger partial charge in [0.2, 0.25) is 0 Å². The van der Waals surface area contributed by atoms with Crippen LogP contribution in [0.1, 0.15) is 19.8 Å². The van der Waals surface area contributed by atoms with Crippen molar-refractivity contribution in [2.24, 2.45) is 0 Å². The molecule has 4 nitrogen and oxygen atoms in total. The Labute approximate surface area is 71.3 Å². The topological polar surface area (TPSA) is 55.4 Å². The number of esters is 1. The Balaban J connectivity index is 2.48. The molecule has 0 bridgehead atoms. The zero-order valence-corrected chi connectivity index (χ0v) is 7.13. The summed E-state index contributed by atoms with van der Waals surface area (Å²) in [6, 6.07) is -0.710. The smallest absolute Gasteiger partial charge is 0.330 e. The molecular weight excluding hydrogens is 158 g/mol. The first kappa shape index (κ1) is 9.19. The molecule has 1 fully saturated rings. The van der Waals surface area contributed by atoms with Crippen LogP contribution in [0.5, 0.6) is 0 Å².